The molecule has 1 aromatic carbocycles. The van der Waals surface area contributed by atoms with Gasteiger partial charge in [0.15, 0.2) is 6.10 Å². The average molecular weight is 441 g/mol. The molecule has 3 N–H and O–H groups in total. The van der Waals surface area contributed by atoms with E-state index in [0.717, 1.165) is 0 Å². The third-order valence-electron chi connectivity index (χ3n) is 3.67. The van der Waals surface area contributed by atoms with Crippen LogP contribution in [0.4, 0.5) is 10.2 Å². The molecule has 27 heavy (non-hydrogen) atoms. The van der Waals surface area contributed by atoms with Crippen LogP contribution in [0.5, 0.6) is 5.75 Å². The van der Waals surface area contributed by atoms with Gasteiger partial charge in [-0.3, -0.25) is 14.7 Å². The van der Waals surface area contributed by atoms with E-state index in [1.165, 1.54) is 24.4 Å². The van der Waals surface area contributed by atoms with E-state index >= 15 is 0 Å². The van der Waals surface area contributed by atoms with E-state index in [1.807, 2.05) is 13.8 Å². The molecule has 1 aromatic heterocycles. The smallest absolute Gasteiger partial charge is 0.261 e. The second-order valence-electron chi connectivity index (χ2n) is 6.49. The lowest BCUT2D eigenvalue weighted by atomic mass is 10.0. The Morgan fingerprint density at radius 1 is 1.26 bits per heavy atom. The van der Waals surface area contributed by atoms with Crippen molar-refractivity contribution in [2.24, 2.45) is 5.92 Å². The second-order valence-corrected chi connectivity index (χ2v) is 7.34. The molecule has 0 aliphatic heterocycles. The molecule has 0 saturated carbocycles. The second kappa shape index (κ2) is 9.50. The summed E-state index contributed by atoms with van der Waals surface area (Å²) in [6, 6.07) is 4.80. The van der Waals surface area contributed by atoms with Gasteiger partial charge in [-0.15, -0.1) is 0 Å². The number of carbonyl (C=O) groups is 2. The summed E-state index contributed by atoms with van der Waals surface area (Å²) in [4.78, 5) is 25.0. The standard InChI is InChI=1S/C18H22BrFN4O3/c1-10(2)8-14(18(26)23-16-6-7-21-24-16)22-17(25)11(3)27-15-5-4-12(20)9-13(15)19/h4-7,9-11,14H,8H2,1-3H3,(H,22,25)(H2,21,23,24,26). The number of rotatable bonds is 8. The van der Waals surface area contributed by atoms with E-state index in [2.05, 4.69) is 36.8 Å². The minimum absolute atomic E-state index is 0.185. The zero-order valence-electron chi connectivity index (χ0n) is 15.3. The number of anilines is 1. The molecule has 0 bridgehead atoms. The molecular weight excluding hydrogens is 419 g/mol. The molecule has 7 nitrogen and oxygen atoms in total. The third-order valence-corrected chi connectivity index (χ3v) is 4.29. The first kappa shape index (κ1) is 20.9. The SMILES string of the molecule is CC(C)CC(NC(=O)C(C)Oc1ccc(F)cc1Br)C(=O)Nc1ccn[nH]1. The first-order valence-corrected chi connectivity index (χ1v) is 9.28. The maximum atomic E-state index is 13.2. The molecule has 2 atom stereocenters. The van der Waals surface area contributed by atoms with Crippen molar-refractivity contribution in [1.29, 1.82) is 0 Å². The van der Waals surface area contributed by atoms with E-state index in [4.69, 9.17) is 4.74 Å². The van der Waals surface area contributed by atoms with Crippen LogP contribution >= 0.6 is 15.9 Å². The van der Waals surface area contributed by atoms with Crippen LogP contribution in [0.1, 0.15) is 27.2 Å². The number of ether oxygens (including phenoxy) is 1. The molecule has 0 saturated heterocycles. The molecule has 2 rings (SSSR count). The first-order valence-electron chi connectivity index (χ1n) is 8.48. The van der Waals surface area contributed by atoms with Crippen LogP contribution in [0.25, 0.3) is 0 Å². The number of nitrogens with one attached hydrogen (secondary N) is 3. The Morgan fingerprint density at radius 2 is 2.00 bits per heavy atom. The number of H-pyrrole nitrogens is 1. The molecule has 0 radical (unpaired) electrons. The van der Waals surface area contributed by atoms with Gasteiger partial charge in [-0.05, 0) is 53.4 Å². The number of halogens is 2. The molecule has 0 spiro atoms. The Bertz CT molecular complexity index is 783. The molecule has 9 heteroatoms. The molecule has 2 unspecified atom stereocenters. The highest BCUT2D eigenvalue weighted by atomic mass is 79.9. The molecule has 2 amide bonds. The summed E-state index contributed by atoms with van der Waals surface area (Å²) in [6.45, 7) is 5.47. The lowest BCUT2D eigenvalue weighted by molar-refractivity contribution is -0.131. The van der Waals surface area contributed by atoms with Crippen molar-refractivity contribution >= 4 is 33.6 Å². The van der Waals surface area contributed by atoms with Gasteiger partial charge in [0.1, 0.15) is 23.4 Å². The first-order chi connectivity index (χ1) is 12.8. The van der Waals surface area contributed by atoms with Gasteiger partial charge in [0, 0.05) is 6.07 Å². The number of amides is 2. The van der Waals surface area contributed by atoms with Crippen LogP contribution in [0.15, 0.2) is 34.9 Å². The maximum absolute atomic E-state index is 13.2. The Kier molecular flexibility index (Phi) is 7.35. The van der Waals surface area contributed by atoms with Crippen molar-refractivity contribution < 1.29 is 18.7 Å². The molecule has 1 heterocycles. The highest BCUT2D eigenvalue weighted by molar-refractivity contribution is 9.10. The fraction of sp³-hybridized carbons (Fsp3) is 0.389. The van der Waals surface area contributed by atoms with E-state index in [1.54, 1.807) is 13.0 Å². The summed E-state index contributed by atoms with van der Waals surface area (Å²) >= 11 is 3.19. The quantitative estimate of drug-likeness (QED) is 0.586. The Labute approximate surface area is 165 Å². The highest BCUT2D eigenvalue weighted by Gasteiger charge is 2.26. The van der Waals surface area contributed by atoms with Crippen LogP contribution < -0.4 is 15.4 Å². The van der Waals surface area contributed by atoms with Crippen molar-refractivity contribution in [3.8, 4) is 5.75 Å². The van der Waals surface area contributed by atoms with Crippen molar-refractivity contribution in [3.63, 3.8) is 0 Å². The minimum Gasteiger partial charge on any atom is -0.480 e. The fourth-order valence-electron chi connectivity index (χ4n) is 2.35. The summed E-state index contributed by atoms with van der Waals surface area (Å²) in [5, 5.41) is 11.8. The number of nitrogens with zero attached hydrogens (tertiary/aromatic N) is 1. The summed E-state index contributed by atoms with van der Waals surface area (Å²) in [6.07, 6.45) is 1.10. The van der Waals surface area contributed by atoms with Crippen LogP contribution in [0.3, 0.4) is 0 Å². The van der Waals surface area contributed by atoms with Crippen LogP contribution in [-0.4, -0.2) is 34.2 Å². The number of hydrogen-bond donors (Lipinski definition) is 3. The Hall–Kier alpha value is -2.42. The predicted octanol–water partition coefficient (Wildman–Crippen LogP) is 3.25. The van der Waals surface area contributed by atoms with E-state index in [0.29, 0.717) is 22.5 Å². The van der Waals surface area contributed by atoms with Crippen LogP contribution in [-0.2, 0) is 9.59 Å². The monoisotopic (exact) mass is 440 g/mol. The van der Waals surface area contributed by atoms with Crippen molar-refractivity contribution in [1.82, 2.24) is 15.5 Å². The third kappa shape index (κ3) is 6.35. The van der Waals surface area contributed by atoms with Crippen molar-refractivity contribution in [3.05, 3.63) is 40.8 Å². The molecule has 146 valence electrons. The highest BCUT2D eigenvalue weighted by Crippen LogP contribution is 2.26. The van der Waals surface area contributed by atoms with Gasteiger partial charge < -0.3 is 15.4 Å². The number of aromatic amines is 1. The van der Waals surface area contributed by atoms with Gasteiger partial charge >= 0.3 is 0 Å². The molecular formula is C18H22BrFN4O3. The van der Waals surface area contributed by atoms with Gasteiger partial charge in [-0.25, -0.2) is 4.39 Å². The Balaban J connectivity index is 2.01. The summed E-state index contributed by atoms with van der Waals surface area (Å²) < 4.78 is 19.1. The largest absolute Gasteiger partial charge is 0.480 e. The van der Waals surface area contributed by atoms with Crippen LogP contribution in [0, 0.1) is 11.7 Å². The lowest BCUT2D eigenvalue weighted by Crippen LogP contribution is -2.48. The topological polar surface area (TPSA) is 96.1 Å². The number of benzene rings is 1. The molecule has 0 fully saturated rings. The van der Waals surface area contributed by atoms with Gasteiger partial charge in [-0.1, -0.05) is 13.8 Å². The van der Waals surface area contributed by atoms with Gasteiger partial charge in [0.25, 0.3) is 5.91 Å². The average Bonchev–Trinajstić information content (AvgIpc) is 3.09. The van der Waals surface area contributed by atoms with Gasteiger partial charge in [-0.2, -0.15) is 5.10 Å². The van der Waals surface area contributed by atoms with E-state index in [9.17, 15) is 14.0 Å². The van der Waals surface area contributed by atoms with Crippen molar-refractivity contribution in [2.75, 3.05) is 5.32 Å². The number of carbonyl (C=O) groups excluding carboxylic acids is 2. The zero-order valence-corrected chi connectivity index (χ0v) is 16.8. The van der Waals surface area contributed by atoms with Gasteiger partial charge in [0.2, 0.25) is 5.91 Å². The van der Waals surface area contributed by atoms with Crippen LogP contribution in [0.2, 0.25) is 0 Å². The molecule has 0 aliphatic carbocycles. The number of aromatic nitrogens is 2. The van der Waals surface area contributed by atoms with Crippen molar-refractivity contribution in [2.45, 2.75) is 39.3 Å². The zero-order chi connectivity index (χ0) is 20.0. The van der Waals surface area contributed by atoms with Gasteiger partial charge in [0.05, 0.1) is 10.7 Å². The minimum atomic E-state index is -0.874. The normalized spacial score (nSPS) is 13.1. The van der Waals surface area contributed by atoms with E-state index < -0.39 is 23.9 Å². The van der Waals surface area contributed by atoms with E-state index in [-0.39, 0.29) is 11.8 Å². The fourth-order valence-corrected chi connectivity index (χ4v) is 2.80. The summed E-state index contributed by atoms with van der Waals surface area (Å²) in [5.41, 5.74) is 0. The Morgan fingerprint density at radius 3 is 2.59 bits per heavy atom. The summed E-state index contributed by atoms with van der Waals surface area (Å²) in [7, 11) is 0. The summed E-state index contributed by atoms with van der Waals surface area (Å²) in [5.74, 6) is -0.249. The molecule has 2 aromatic rings. The number of hydrogen-bond acceptors (Lipinski definition) is 4. The molecule has 0 aliphatic rings. The maximum Gasteiger partial charge on any atom is 0.261 e. The lowest BCUT2D eigenvalue weighted by Gasteiger charge is -2.22. The predicted molar refractivity (Wildman–Crippen MR) is 103 cm³/mol.